The molecule has 0 aromatic heterocycles. The molecule has 1 aromatic rings. The minimum Gasteiger partial charge on any atom is -0.496 e. The van der Waals surface area contributed by atoms with Gasteiger partial charge in [-0.2, -0.15) is 13.2 Å². The fraction of sp³-hybridized carbons (Fsp3) is 0.742. The number of hydrogen-bond acceptors (Lipinski definition) is 4. The molecule has 222 valence electrons. The van der Waals surface area contributed by atoms with Gasteiger partial charge in [-0.3, -0.25) is 9.59 Å². The summed E-state index contributed by atoms with van der Waals surface area (Å²) in [6.45, 7) is 7.11. The van der Waals surface area contributed by atoms with Gasteiger partial charge in [0.2, 0.25) is 5.91 Å². The van der Waals surface area contributed by atoms with E-state index >= 15 is 0 Å². The number of carbonyl (C=O) groups is 2. The van der Waals surface area contributed by atoms with Gasteiger partial charge >= 0.3 is 6.18 Å². The number of carbonyl (C=O) groups excluding carboxylic acids is 2. The average Bonchev–Trinajstić information content (AvgIpc) is 3.48. The van der Waals surface area contributed by atoms with Crippen LogP contribution in [-0.2, 0) is 11.0 Å². The lowest BCUT2D eigenvalue weighted by atomic mass is 9.70. The van der Waals surface area contributed by atoms with Crippen LogP contribution in [0.3, 0.4) is 0 Å². The minimum absolute atomic E-state index is 0.00875. The van der Waals surface area contributed by atoms with Gasteiger partial charge in [0.25, 0.3) is 5.91 Å². The summed E-state index contributed by atoms with van der Waals surface area (Å²) in [4.78, 5) is 26.9. The lowest BCUT2D eigenvalue weighted by Gasteiger charge is -2.39. The zero-order valence-corrected chi connectivity index (χ0v) is 24.1. The molecule has 2 N–H and O–H groups in total. The van der Waals surface area contributed by atoms with Crippen LogP contribution in [-0.4, -0.2) is 37.6 Å². The Morgan fingerprint density at radius 2 is 1.65 bits per heavy atom. The van der Waals surface area contributed by atoms with Crippen molar-refractivity contribution in [3.63, 3.8) is 0 Å². The van der Waals surface area contributed by atoms with Gasteiger partial charge < -0.3 is 20.1 Å². The quantitative estimate of drug-likeness (QED) is 0.377. The largest absolute Gasteiger partial charge is 0.496 e. The molecule has 4 saturated carbocycles. The highest BCUT2D eigenvalue weighted by Crippen LogP contribution is 2.49. The highest BCUT2D eigenvalue weighted by molar-refractivity contribution is 5.98. The first-order chi connectivity index (χ1) is 18.8. The molecule has 6 nitrogen and oxygen atoms in total. The highest BCUT2D eigenvalue weighted by Gasteiger charge is 2.52. The maximum absolute atomic E-state index is 14.1. The molecule has 9 heteroatoms. The average molecular weight is 565 g/mol. The smallest absolute Gasteiger partial charge is 0.420 e. The van der Waals surface area contributed by atoms with E-state index in [1.54, 1.807) is 0 Å². The first kappa shape index (κ1) is 29.1. The summed E-state index contributed by atoms with van der Waals surface area (Å²) in [5, 5.41) is 6.18. The normalized spacial score (nSPS) is 29.0. The summed E-state index contributed by atoms with van der Waals surface area (Å²) in [7, 11) is 1.25. The number of benzene rings is 1. The van der Waals surface area contributed by atoms with Crippen molar-refractivity contribution < 1.29 is 32.2 Å². The van der Waals surface area contributed by atoms with Crippen LogP contribution in [0.4, 0.5) is 13.2 Å². The van der Waals surface area contributed by atoms with E-state index in [1.165, 1.54) is 19.6 Å². The van der Waals surface area contributed by atoms with E-state index in [0.717, 1.165) is 51.0 Å². The molecule has 4 aliphatic rings. The Bertz CT molecular complexity index is 1120. The summed E-state index contributed by atoms with van der Waals surface area (Å²) < 4.78 is 53.4. The van der Waals surface area contributed by atoms with E-state index in [-0.39, 0.29) is 63.7 Å². The molecule has 1 aromatic carbocycles. The lowest BCUT2D eigenvalue weighted by Crippen LogP contribution is -2.51. The highest BCUT2D eigenvalue weighted by atomic mass is 19.4. The third kappa shape index (κ3) is 5.94. The zero-order chi connectivity index (χ0) is 28.9. The third-order valence-corrected chi connectivity index (χ3v) is 10.2. The number of fused-ring (bicyclic) bond motifs is 2. The fourth-order valence-electron chi connectivity index (χ4n) is 7.38. The summed E-state index contributed by atoms with van der Waals surface area (Å²) in [6, 6.07) is 1.68. The second-order valence-electron chi connectivity index (χ2n) is 13.8. The topological polar surface area (TPSA) is 76.7 Å². The van der Waals surface area contributed by atoms with E-state index in [1.807, 2.05) is 0 Å². The van der Waals surface area contributed by atoms with Crippen molar-refractivity contribution in [3.05, 3.63) is 23.3 Å². The van der Waals surface area contributed by atoms with Crippen molar-refractivity contribution in [2.45, 2.75) is 103 Å². The molecule has 2 bridgehead atoms. The van der Waals surface area contributed by atoms with Gasteiger partial charge in [0.1, 0.15) is 17.1 Å². The molecule has 4 aliphatic carbocycles. The number of ether oxygens (including phenoxy) is 2. The predicted molar refractivity (Wildman–Crippen MR) is 145 cm³/mol. The van der Waals surface area contributed by atoms with Crippen molar-refractivity contribution in [1.29, 1.82) is 0 Å². The molecule has 0 aliphatic heterocycles. The number of amides is 2. The van der Waals surface area contributed by atoms with Crippen LogP contribution >= 0.6 is 0 Å². The Morgan fingerprint density at radius 3 is 2.25 bits per heavy atom. The van der Waals surface area contributed by atoms with Gasteiger partial charge in [0.15, 0.2) is 0 Å². The van der Waals surface area contributed by atoms with Crippen LogP contribution < -0.4 is 20.1 Å². The molecule has 2 amide bonds. The second-order valence-corrected chi connectivity index (χ2v) is 13.8. The fourth-order valence-corrected chi connectivity index (χ4v) is 7.38. The number of hydrogen-bond donors (Lipinski definition) is 2. The molecule has 4 atom stereocenters. The molecule has 0 unspecified atom stereocenters. The van der Waals surface area contributed by atoms with E-state index in [0.29, 0.717) is 19.4 Å². The molecular weight excluding hydrogens is 521 g/mol. The molecule has 40 heavy (non-hydrogen) atoms. The zero-order valence-electron chi connectivity index (χ0n) is 24.1. The maximum Gasteiger partial charge on any atom is 0.420 e. The monoisotopic (exact) mass is 564 g/mol. The Balaban J connectivity index is 1.36. The maximum atomic E-state index is 14.1. The third-order valence-electron chi connectivity index (χ3n) is 10.2. The van der Waals surface area contributed by atoms with Crippen molar-refractivity contribution >= 4 is 11.8 Å². The van der Waals surface area contributed by atoms with E-state index in [4.69, 9.17) is 9.47 Å². The van der Waals surface area contributed by atoms with E-state index < -0.39 is 17.6 Å². The first-order valence-corrected chi connectivity index (χ1v) is 14.8. The molecule has 0 spiro atoms. The standard InChI is InChI=1S/C31H43F3N2O4/c1-29(2)12-8-20(9-13-29)40-24-15-21(23(39-4)16-22(24)31(32,33)34)27(37)36-26-19-7-6-18(14-19)25(26)28(38)35-17-30(3)10-5-11-30/h15-16,18-20,25-26H,5-14,17H2,1-4H3,(H,35,38)(H,36,37)/t18-,19+,25+,26-/m1/s1. The molecular formula is C31H43F3N2O4. The number of alkyl halides is 3. The Morgan fingerprint density at radius 1 is 0.975 bits per heavy atom. The molecule has 0 radical (unpaired) electrons. The van der Waals surface area contributed by atoms with Crippen LogP contribution in [0.2, 0.25) is 0 Å². The van der Waals surface area contributed by atoms with Crippen molar-refractivity contribution in [2.75, 3.05) is 13.7 Å². The first-order valence-electron chi connectivity index (χ1n) is 14.8. The van der Waals surface area contributed by atoms with Crippen LogP contribution in [0, 0.1) is 28.6 Å². The second kappa shape index (κ2) is 10.8. The number of nitrogens with one attached hydrogen (secondary N) is 2. The molecule has 0 heterocycles. The molecule has 0 saturated heterocycles. The predicted octanol–water partition coefficient (Wildman–Crippen LogP) is 6.51. The SMILES string of the molecule is COc1cc(C(F)(F)F)c(OC2CCC(C)(C)CC2)cc1C(=O)N[C@@H]1[C@H]2CC[C@H](C2)[C@@H]1C(=O)NCC1(C)CCC1. The van der Waals surface area contributed by atoms with Gasteiger partial charge in [-0.25, -0.2) is 0 Å². The summed E-state index contributed by atoms with van der Waals surface area (Å²) >= 11 is 0. The minimum atomic E-state index is -4.67. The van der Waals surface area contributed by atoms with Crippen molar-refractivity contribution in [3.8, 4) is 11.5 Å². The van der Waals surface area contributed by atoms with Crippen LogP contribution in [0.15, 0.2) is 12.1 Å². The van der Waals surface area contributed by atoms with Gasteiger partial charge in [0.05, 0.1) is 24.7 Å². The summed E-state index contributed by atoms with van der Waals surface area (Å²) in [5.74, 6) is -1.05. The van der Waals surface area contributed by atoms with Crippen LogP contribution in [0.5, 0.6) is 11.5 Å². The molecule has 4 fully saturated rings. The van der Waals surface area contributed by atoms with Gasteiger partial charge in [0, 0.05) is 12.6 Å². The Labute approximate surface area is 235 Å². The van der Waals surface area contributed by atoms with Gasteiger partial charge in [-0.15, -0.1) is 0 Å². The summed E-state index contributed by atoms with van der Waals surface area (Å²) in [5.41, 5.74) is -0.682. The summed E-state index contributed by atoms with van der Waals surface area (Å²) in [6.07, 6.45) is 4.12. The number of halogens is 3. The lowest BCUT2D eigenvalue weighted by molar-refractivity contribution is -0.139. The van der Waals surface area contributed by atoms with Crippen LogP contribution in [0.25, 0.3) is 0 Å². The molecule has 5 rings (SSSR count). The van der Waals surface area contributed by atoms with Gasteiger partial charge in [-0.1, -0.05) is 27.2 Å². The number of rotatable bonds is 8. The van der Waals surface area contributed by atoms with Crippen molar-refractivity contribution in [1.82, 2.24) is 10.6 Å². The number of methoxy groups -OCH3 is 1. The van der Waals surface area contributed by atoms with E-state index in [2.05, 4.69) is 31.4 Å². The van der Waals surface area contributed by atoms with Gasteiger partial charge in [-0.05, 0) is 92.6 Å². The Hall–Kier alpha value is -2.45. The van der Waals surface area contributed by atoms with Crippen molar-refractivity contribution in [2.24, 2.45) is 28.6 Å². The van der Waals surface area contributed by atoms with Crippen LogP contribution in [0.1, 0.15) is 101 Å². The Kier molecular flexibility index (Phi) is 7.81. The van der Waals surface area contributed by atoms with E-state index in [9.17, 15) is 22.8 Å².